The molecule has 2 amide bonds. The monoisotopic (exact) mass is 636 g/mol. The van der Waals surface area contributed by atoms with Crippen LogP contribution in [0.3, 0.4) is 0 Å². The van der Waals surface area contributed by atoms with Gasteiger partial charge in [-0.15, -0.1) is 0 Å². The molecule has 1 atom stereocenters. The summed E-state index contributed by atoms with van der Waals surface area (Å²) in [6, 6.07) is 12.5. The van der Waals surface area contributed by atoms with Crippen molar-refractivity contribution in [1.29, 1.82) is 0 Å². The molecule has 1 saturated heterocycles. The second kappa shape index (κ2) is 13.7. The molecule has 0 aromatic heterocycles. The highest BCUT2D eigenvalue weighted by Gasteiger charge is 2.45. The number of imide groups is 1. The quantitative estimate of drug-likeness (QED) is 0.271. The van der Waals surface area contributed by atoms with Crippen LogP contribution < -0.4 is 9.47 Å². The second-order valence-electron chi connectivity index (χ2n) is 13.7. The average molecular weight is 637 g/mol. The van der Waals surface area contributed by atoms with Gasteiger partial charge < -0.3 is 14.6 Å². The first-order chi connectivity index (χ1) is 21.7. The molecular weight excluding hydrogens is 592 g/mol. The number of fused-ring (bicyclic) bond motifs is 1. The number of rotatable bonds is 11. The smallest absolute Gasteiger partial charge is 0.306 e. The summed E-state index contributed by atoms with van der Waals surface area (Å²) in [6.07, 6.45) is 10.4. The molecule has 1 heterocycles. The van der Waals surface area contributed by atoms with Crippen LogP contribution in [0.1, 0.15) is 93.4 Å². The van der Waals surface area contributed by atoms with E-state index in [1.165, 1.54) is 16.0 Å². The van der Waals surface area contributed by atoms with E-state index < -0.39 is 5.97 Å². The maximum Gasteiger partial charge on any atom is 0.306 e. The lowest BCUT2D eigenvalue weighted by Gasteiger charge is -2.37. The molecule has 9 heteroatoms. The van der Waals surface area contributed by atoms with Crippen molar-refractivity contribution in [3.05, 3.63) is 58.1 Å². The van der Waals surface area contributed by atoms with Crippen molar-refractivity contribution in [2.45, 2.75) is 89.6 Å². The third-order valence-electron chi connectivity index (χ3n) is 10.8. The number of likely N-dealkylation sites (tertiary alicyclic amines) is 1. The predicted molar refractivity (Wildman–Crippen MR) is 171 cm³/mol. The molecule has 0 radical (unpaired) electrons. The number of aryl methyl sites for hydroxylation is 1. The van der Waals surface area contributed by atoms with Gasteiger partial charge >= 0.3 is 5.97 Å². The number of methoxy groups -OCH3 is 1. The number of carbonyl (C=O) groups excluding carboxylic acids is 2. The summed E-state index contributed by atoms with van der Waals surface area (Å²) in [5.74, 6) is 0.603. The van der Waals surface area contributed by atoms with Crippen molar-refractivity contribution in [2.24, 2.45) is 17.3 Å². The number of amides is 2. The van der Waals surface area contributed by atoms with Gasteiger partial charge in [0.1, 0.15) is 6.61 Å². The number of hydrogen-bond donors (Lipinski definition) is 1. The molecule has 6 rings (SSSR count). The van der Waals surface area contributed by atoms with Gasteiger partial charge in [-0.25, -0.2) is 0 Å². The average Bonchev–Trinajstić information content (AvgIpc) is 3.65. The number of halogens is 1. The number of nitrogens with zero attached hydrogens (tertiary/aromatic N) is 2. The van der Waals surface area contributed by atoms with Crippen molar-refractivity contribution in [3.8, 4) is 11.5 Å². The van der Waals surface area contributed by atoms with Crippen LogP contribution in [0.25, 0.3) is 0 Å². The number of carbonyl (C=O) groups is 3. The maximum absolute atomic E-state index is 12.9. The third-order valence-corrected chi connectivity index (χ3v) is 11.0. The summed E-state index contributed by atoms with van der Waals surface area (Å²) in [5, 5.41) is 10.2. The van der Waals surface area contributed by atoms with Gasteiger partial charge in [-0.3, -0.25) is 24.2 Å². The second-order valence-corrected chi connectivity index (χ2v) is 14.2. The summed E-state index contributed by atoms with van der Waals surface area (Å²) in [6.45, 7) is 2.08. The number of carboxylic acids is 1. The van der Waals surface area contributed by atoms with E-state index in [0.717, 1.165) is 87.9 Å². The van der Waals surface area contributed by atoms with Crippen LogP contribution >= 0.6 is 11.6 Å². The molecule has 0 unspecified atom stereocenters. The van der Waals surface area contributed by atoms with Crippen LogP contribution in [0.2, 0.25) is 5.02 Å². The fraction of sp³-hybridized carbons (Fsp3) is 0.583. The van der Waals surface area contributed by atoms with E-state index >= 15 is 0 Å². The number of aliphatic carboxylic acids is 1. The Labute approximate surface area is 271 Å². The minimum Gasteiger partial charge on any atom is -0.493 e. The van der Waals surface area contributed by atoms with Gasteiger partial charge in [-0.1, -0.05) is 36.6 Å². The molecule has 0 bridgehead atoms. The fourth-order valence-corrected chi connectivity index (χ4v) is 8.54. The topological polar surface area (TPSA) is 96.4 Å². The van der Waals surface area contributed by atoms with Crippen molar-refractivity contribution >= 4 is 29.4 Å². The van der Waals surface area contributed by atoms with Crippen LogP contribution in [0.5, 0.6) is 11.5 Å². The van der Waals surface area contributed by atoms with Crippen molar-refractivity contribution < 1.29 is 29.0 Å². The highest BCUT2D eigenvalue weighted by Crippen LogP contribution is 2.47. The van der Waals surface area contributed by atoms with Crippen molar-refractivity contribution in [3.63, 3.8) is 0 Å². The predicted octanol–water partition coefficient (Wildman–Crippen LogP) is 6.82. The van der Waals surface area contributed by atoms with Gasteiger partial charge in [0.15, 0.2) is 11.5 Å². The Hall–Kier alpha value is -3.10. The SMILES string of the molecule is COc1cc(CN(C[C@H]2CC[C@H](C(=O)O)CC2)[C@H]2CCc3cc(Cl)ccc32)ccc1OCCN1C(=O)CC2(CCCC2)CC1=O. The maximum atomic E-state index is 12.9. The molecule has 4 aliphatic rings. The van der Waals surface area contributed by atoms with Gasteiger partial charge in [-0.05, 0) is 104 Å². The number of hydrogen-bond acceptors (Lipinski definition) is 6. The summed E-state index contributed by atoms with van der Waals surface area (Å²) < 4.78 is 11.8. The van der Waals surface area contributed by atoms with Gasteiger partial charge in [0, 0.05) is 37.0 Å². The van der Waals surface area contributed by atoms with Crippen LogP contribution in [0.15, 0.2) is 36.4 Å². The van der Waals surface area contributed by atoms with Crippen LogP contribution in [0, 0.1) is 17.3 Å². The van der Waals surface area contributed by atoms with E-state index in [2.05, 4.69) is 23.1 Å². The fourth-order valence-electron chi connectivity index (χ4n) is 8.34. The molecular formula is C36H45ClN2O6. The summed E-state index contributed by atoms with van der Waals surface area (Å²) >= 11 is 6.32. The Morgan fingerprint density at radius 3 is 2.42 bits per heavy atom. The van der Waals surface area contributed by atoms with E-state index in [9.17, 15) is 19.5 Å². The van der Waals surface area contributed by atoms with E-state index in [1.54, 1.807) is 7.11 Å². The molecule has 2 saturated carbocycles. The highest BCUT2D eigenvalue weighted by atomic mass is 35.5. The van der Waals surface area contributed by atoms with Crippen molar-refractivity contribution in [1.82, 2.24) is 9.80 Å². The molecule has 3 fully saturated rings. The molecule has 242 valence electrons. The number of piperidine rings is 1. The first kappa shape index (κ1) is 31.9. The first-order valence-corrected chi connectivity index (χ1v) is 17.0. The lowest BCUT2D eigenvalue weighted by molar-refractivity contribution is -0.153. The molecule has 3 aliphatic carbocycles. The minimum atomic E-state index is -0.673. The summed E-state index contributed by atoms with van der Waals surface area (Å²) in [7, 11) is 1.63. The Bertz CT molecular complexity index is 1390. The highest BCUT2D eigenvalue weighted by molar-refractivity contribution is 6.30. The summed E-state index contributed by atoms with van der Waals surface area (Å²) in [4.78, 5) is 41.2. The first-order valence-electron chi connectivity index (χ1n) is 16.6. The van der Waals surface area contributed by atoms with Gasteiger partial charge in [0.25, 0.3) is 0 Å². The lowest BCUT2D eigenvalue weighted by atomic mass is 9.76. The Kier molecular flexibility index (Phi) is 9.71. The Morgan fingerprint density at radius 2 is 1.73 bits per heavy atom. The molecule has 1 N–H and O–H groups in total. The zero-order valence-electron chi connectivity index (χ0n) is 26.3. The molecule has 2 aromatic carbocycles. The number of ether oxygens (including phenoxy) is 2. The van der Waals surface area contributed by atoms with Crippen LogP contribution in [-0.4, -0.2) is 59.5 Å². The van der Waals surface area contributed by atoms with Crippen LogP contribution in [-0.2, 0) is 27.3 Å². The van der Waals surface area contributed by atoms with E-state index in [-0.39, 0.29) is 42.3 Å². The lowest BCUT2D eigenvalue weighted by Crippen LogP contribution is -2.48. The molecule has 1 spiro atoms. The van der Waals surface area contributed by atoms with Gasteiger partial charge in [0.2, 0.25) is 11.8 Å². The van der Waals surface area contributed by atoms with Gasteiger partial charge in [-0.2, -0.15) is 0 Å². The molecule has 2 aromatic rings. The Morgan fingerprint density at radius 1 is 1.00 bits per heavy atom. The molecule has 8 nitrogen and oxygen atoms in total. The third kappa shape index (κ3) is 7.17. The van der Waals surface area contributed by atoms with Crippen molar-refractivity contribution in [2.75, 3.05) is 26.8 Å². The summed E-state index contributed by atoms with van der Waals surface area (Å²) in [5.41, 5.74) is 3.62. The molecule has 45 heavy (non-hydrogen) atoms. The zero-order valence-corrected chi connectivity index (χ0v) is 27.0. The largest absolute Gasteiger partial charge is 0.493 e. The standard InChI is InChI=1S/C36H45ClN2O6/c1-44-32-18-25(6-13-31(32)45-17-16-39-33(40)20-36(21-34(39)41)14-2-3-15-36)23-38(22-24-4-7-26(8-5-24)35(42)43)30-12-9-27-19-28(37)10-11-29(27)30/h6,10-11,13,18-19,24,26,30H,2-5,7-9,12,14-17,20-23H2,1H3,(H,42,43)/t24-,26-,30-/m0/s1. The Balaban J connectivity index is 1.12. The zero-order chi connectivity index (χ0) is 31.6. The van der Waals surface area contributed by atoms with E-state index in [0.29, 0.717) is 30.3 Å². The number of benzene rings is 2. The number of carboxylic acid groups (broad SMARTS) is 1. The minimum absolute atomic E-state index is 0.0774. The van der Waals surface area contributed by atoms with Crippen LogP contribution in [0.4, 0.5) is 0 Å². The molecule has 1 aliphatic heterocycles. The van der Waals surface area contributed by atoms with E-state index in [4.69, 9.17) is 21.1 Å². The van der Waals surface area contributed by atoms with Gasteiger partial charge in [0.05, 0.1) is 19.6 Å². The van der Waals surface area contributed by atoms with E-state index in [1.807, 2.05) is 18.2 Å². The normalized spacial score (nSPS) is 24.3.